The highest BCUT2D eigenvalue weighted by Gasteiger charge is 2.37. The van der Waals surface area contributed by atoms with E-state index in [9.17, 15) is 0 Å². The highest BCUT2D eigenvalue weighted by atomic mass is 127. The van der Waals surface area contributed by atoms with Crippen LogP contribution in [0.25, 0.3) is 0 Å². The Kier molecular flexibility index (Phi) is 38.0. The quantitative estimate of drug-likeness (QED) is 0.0531. The molecule has 0 saturated heterocycles. The highest BCUT2D eigenvalue weighted by Crippen LogP contribution is 2.17. The zero-order valence-electron chi connectivity index (χ0n) is 23.5. The van der Waals surface area contributed by atoms with Gasteiger partial charge in [0.2, 0.25) is 0 Å². The van der Waals surface area contributed by atoms with Crippen molar-refractivity contribution in [1.29, 1.82) is 0 Å². The average Bonchev–Trinajstić information content (AvgIpc) is 2.76. The van der Waals surface area contributed by atoms with Crippen molar-refractivity contribution in [3.8, 4) is 0 Å². The van der Waals surface area contributed by atoms with Gasteiger partial charge in [0.25, 0.3) is 0 Å². The summed E-state index contributed by atoms with van der Waals surface area (Å²) in [6.07, 6.45) is 24.0. The molecule has 0 aliphatic carbocycles. The van der Waals surface area contributed by atoms with E-state index in [4.69, 9.17) is 13.3 Å². The van der Waals surface area contributed by atoms with Gasteiger partial charge in [0.15, 0.2) is 0 Å². The van der Waals surface area contributed by atoms with Crippen LogP contribution in [-0.4, -0.2) is 61.8 Å². The van der Waals surface area contributed by atoms with E-state index in [1.165, 1.54) is 109 Å². The van der Waals surface area contributed by atoms with Crippen LogP contribution in [0.5, 0.6) is 0 Å². The molecule has 0 saturated carbocycles. The third-order valence-electron chi connectivity index (χ3n) is 6.80. The van der Waals surface area contributed by atoms with Crippen LogP contribution in [0.3, 0.4) is 0 Å². The molecule has 0 aromatic rings. The molecule has 4 nitrogen and oxygen atoms in total. The summed E-state index contributed by atoms with van der Waals surface area (Å²) in [6, 6.07) is 0.900. The minimum absolute atomic E-state index is 0. The van der Waals surface area contributed by atoms with Gasteiger partial charge in [-0.1, -0.05) is 96.8 Å². The Balaban J connectivity index is -0.00000150. The topological polar surface area (TPSA) is 27.7 Å². The van der Waals surface area contributed by atoms with Crippen molar-refractivity contribution < 1.29 is 41.7 Å². The lowest BCUT2D eigenvalue weighted by Gasteiger charge is -2.31. The Hall–Kier alpha value is 2.25. The summed E-state index contributed by atoms with van der Waals surface area (Å²) in [5.74, 6) is 0. The van der Waals surface area contributed by atoms with Gasteiger partial charge in [0.1, 0.15) is 0 Å². The van der Waals surface area contributed by atoms with Gasteiger partial charge in [-0.3, -0.25) is 0 Å². The van der Waals surface area contributed by atoms with Gasteiger partial charge in [-0.25, -0.2) is 0 Å². The van der Waals surface area contributed by atoms with E-state index < -0.39 is 8.80 Å². The monoisotopic (exact) mass is 843 g/mol. The molecule has 0 bridgehead atoms. The molecule has 212 valence electrons. The first-order valence-electron chi connectivity index (χ1n) is 13.4. The molecule has 0 heterocycles. The summed E-state index contributed by atoms with van der Waals surface area (Å²) in [5.41, 5.74) is 0. The van der Waals surface area contributed by atoms with E-state index >= 15 is 0 Å². The zero-order valence-corrected chi connectivity index (χ0v) is 31.3. The van der Waals surface area contributed by atoms with Crippen LogP contribution in [0.2, 0.25) is 6.04 Å². The first kappa shape index (κ1) is 43.3. The lowest BCUT2D eigenvalue weighted by molar-refractivity contribution is -0.890. The van der Waals surface area contributed by atoms with Crippen molar-refractivity contribution in [3.63, 3.8) is 0 Å². The van der Waals surface area contributed by atoms with Crippen LogP contribution < -0.4 is 24.0 Å². The Morgan fingerprint density at radius 1 is 0.500 bits per heavy atom. The summed E-state index contributed by atoms with van der Waals surface area (Å²) in [7, 11) is 7.40. The lowest BCUT2D eigenvalue weighted by Crippen LogP contribution is -3.00. The molecule has 0 aliphatic rings. The molecule has 0 aromatic heterocycles. The van der Waals surface area contributed by atoms with Crippen molar-refractivity contribution in [2.24, 2.45) is 0 Å². The Bertz CT molecular complexity index is 382. The maximum absolute atomic E-state index is 5.53. The second-order valence-electron chi connectivity index (χ2n) is 10.1. The van der Waals surface area contributed by atoms with Crippen LogP contribution in [0.4, 0.5) is 0 Å². The number of unbranched alkanes of at least 4 members (excludes halogenated alkanes) is 15. The van der Waals surface area contributed by atoms with Gasteiger partial charge in [0.05, 0.1) is 27.2 Å². The van der Waals surface area contributed by atoms with Gasteiger partial charge in [0, 0.05) is 33.8 Å². The number of rotatable bonds is 24. The largest absolute Gasteiger partial charge is 1.00 e. The van der Waals surface area contributed by atoms with E-state index in [0.717, 1.165) is 23.5 Å². The van der Waals surface area contributed by atoms with Crippen molar-refractivity contribution >= 4 is 56.8 Å². The molecule has 0 unspecified atom stereocenters. The molecule has 0 N–H and O–H groups in total. The Labute approximate surface area is 266 Å². The predicted molar refractivity (Wildman–Crippen MR) is 168 cm³/mol. The number of quaternary nitrogens is 1. The van der Waals surface area contributed by atoms with Crippen molar-refractivity contribution in [3.05, 3.63) is 0 Å². The molecular formula is C26H60I3NO3Si. The second-order valence-corrected chi connectivity index (χ2v) is 13.2. The van der Waals surface area contributed by atoms with E-state index in [1.807, 2.05) is 0 Å². The van der Waals surface area contributed by atoms with Gasteiger partial charge < -0.3 is 41.7 Å². The van der Waals surface area contributed by atoms with Crippen molar-refractivity contribution in [2.45, 2.75) is 122 Å². The minimum atomic E-state index is -2.40. The fourth-order valence-corrected chi connectivity index (χ4v) is 6.18. The molecule has 0 atom stereocenters. The summed E-state index contributed by atoms with van der Waals surface area (Å²) in [6.45, 7) is 4.72. The van der Waals surface area contributed by atoms with Crippen LogP contribution in [-0.2, 0) is 13.3 Å². The van der Waals surface area contributed by atoms with E-state index in [1.54, 1.807) is 21.3 Å². The summed E-state index contributed by atoms with van der Waals surface area (Å²) in [4.78, 5) is 0. The summed E-state index contributed by atoms with van der Waals surface area (Å²) < 4.78 is 17.7. The maximum Gasteiger partial charge on any atom is 0.500 e. The van der Waals surface area contributed by atoms with E-state index in [2.05, 4.69) is 21.0 Å². The zero-order chi connectivity index (χ0) is 23.3. The fraction of sp³-hybridized carbons (Fsp3) is 1.00. The third-order valence-corrected chi connectivity index (χ3v) is 9.63. The van der Waals surface area contributed by atoms with Gasteiger partial charge in [-0.2, -0.15) is 0 Å². The summed E-state index contributed by atoms with van der Waals surface area (Å²) >= 11 is 0. The van der Waals surface area contributed by atoms with Crippen LogP contribution in [0.15, 0.2) is 0 Å². The van der Waals surface area contributed by atoms with Gasteiger partial charge in [-0.05, 0) is 12.8 Å². The molecule has 0 rings (SSSR count). The number of hydrogen-bond donors (Lipinski definition) is 0. The van der Waals surface area contributed by atoms with Crippen LogP contribution in [0, 0.1) is 0 Å². The maximum atomic E-state index is 5.53. The van der Waals surface area contributed by atoms with Gasteiger partial charge in [-0.15, -0.1) is 48.0 Å². The number of halogens is 3. The van der Waals surface area contributed by atoms with Crippen LogP contribution in [0.1, 0.15) is 116 Å². The Morgan fingerprint density at radius 3 is 1.12 bits per heavy atom. The molecule has 0 radical (unpaired) electrons. The normalized spacial score (nSPS) is 11.5. The smallest absolute Gasteiger partial charge is 0.500 e. The van der Waals surface area contributed by atoms with Gasteiger partial charge >= 0.3 is 8.80 Å². The van der Waals surface area contributed by atoms with Crippen molar-refractivity contribution in [2.75, 3.05) is 48.5 Å². The SMILES string of the molecule is CCCCCCCCCCCCCCCCCC[N+](C)(C)CCC[Si](OC)(OC)OC.I.I.[I-]. The Morgan fingerprint density at radius 2 is 0.794 bits per heavy atom. The second kappa shape index (κ2) is 29.8. The standard InChI is InChI=1S/C26H58NO3Si.3HI/c1-7-8-9-10-11-12-13-14-15-16-17-18-19-20-21-22-24-27(2,3)25-23-26-31(28-4,29-5)30-6;;;/h7-26H2,1-6H3;3*1H/q+1;;;/p-1. The predicted octanol–water partition coefficient (Wildman–Crippen LogP) is 5.83. The number of hydrogen-bond acceptors (Lipinski definition) is 3. The molecule has 34 heavy (non-hydrogen) atoms. The molecule has 0 aliphatic heterocycles. The average molecular weight is 844 g/mol. The molecule has 0 amide bonds. The summed E-state index contributed by atoms with van der Waals surface area (Å²) in [5, 5.41) is 0. The molecule has 0 spiro atoms. The highest BCUT2D eigenvalue weighted by molar-refractivity contribution is 14.0. The fourth-order valence-electron chi connectivity index (χ4n) is 4.48. The minimum Gasteiger partial charge on any atom is -1.00 e. The van der Waals surface area contributed by atoms with Crippen LogP contribution >= 0.6 is 48.0 Å². The first-order valence-corrected chi connectivity index (χ1v) is 15.4. The molecular weight excluding hydrogens is 783 g/mol. The van der Waals surface area contributed by atoms with E-state index in [-0.39, 0.29) is 71.9 Å². The third kappa shape index (κ3) is 25.9. The van der Waals surface area contributed by atoms with Crippen molar-refractivity contribution in [1.82, 2.24) is 0 Å². The number of nitrogens with zero attached hydrogens (tertiary/aromatic N) is 1. The first-order chi connectivity index (χ1) is 14.9. The molecule has 0 aromatic carbocycles. The molecule has 0 fully saturated rings. The van der Waals surface area contributed by atoms with E-state index in [0.29, 0.717) is 0 Å². The molecule has 8 heteroatoms. The lowest BCUT2D eigenvalue weighted by atomic mass is 10.0.